The lowest BCUT2D eigenvalue weighted by atomic mass is 9.84. The van der Waals surface area contributed by atoms with E-state index in [1.807, 2.05) is 0 Å². The molecule has 4 rings (SSSR count). The molecule has 24 heavy (non-hydrogen) atoms. The first-order valence-corrected chi connectivity index (χ1v) is 10.2. The zero-order chi connectivity index (χ0) is 16.8. The first-order chi connectivity index (χ1) is 11.6. The topological polar surface area (TPSA) is 57.5 Å². The molecular weight excluding hydrogens is 370 g/mol. The van der Waals surface area contributed by atoms with Gasteiger partial charge in [-0.05, 0) is 38.1 Å². The molecule has 0 aromatic rings. The highest BCUT2D eigenvalue weighted by atomic mass is 79.9. The summed E-state index contributed by atoms with van der Waals surface area (Å²) in [6.45, 7) is 0.903. The summed E-state index contributed by atoms with van der Waals surface area (Å²) in [4.78, 5) is 2.56. The predicted octanol–water partition coefficient (Wildman–Crippen LogP) is 2.11. The van der Waals surface area contributed by atoms with Crippen molar-refractivity contribution in [3.8, 4) is 6.07 Å². The van der Waals surface area contributed by atoms with Gasteiger partial charge in [0.2, 0.25) is 0 Å². The molecule has 0 aromatic heterocycles. The summed E-state index contributed by atoms with van der Waals surface area (Å²) in [6.07, 6.45) is 6.63. The van der Waals surface area contributed by atoms with Crippen LogP contribution in [-0.4, -0.2) is 60.9 Å². The van der Waals surface area contributed by atoms with Crippen LogP contribution in [0.2, 0.25) is 0 Å². The molecular formula is C18H28BrN3O2. The van der Waals surface area contributed by atoms with Crippen LogP contribution < -0.4 is 5.32 Å². The van der Waals surface area contributed by atoms with E-state index in [4.69, 9.17) is 9.47 Å². The van der Waals surface area contributed by atoms with Crippen molar-refractivity contribution in [2.45, 2.75) is 67.5 Å². The second kappa shape index (κ2) is 6.85. The number of hydrogen-bond acceptors (Lipinski definition) is 5. The van der Waals surface area contributed by atoms with Gasteiger partial charge in [-0.1, -0.05) is 28.8 Å². The highest BCUT2D eigenvalue weighted by Crippen LogP contribution is 2.43. The Hall–Kier alpha value is -0.190. The molecule has 4 aliphatic rings. The third kappa shape index (κ3) is 2.93. The molecule has 2 heterocycles. The highest BCUT2D eigenvalue weighted by molar-refractivity contribution is 9.09. The first-order valence-electron chi connectivity index (χ1n) is 9.29. The van der Waals surface area contributed by atoms with Gasteiger partial charge in [0.05, 0.1) is 23.2 Å². The maximum absolute atomic E-state index is 9.36. The van der Waals surface area contributed by atoms with Crippen molar-refractivity contribution in [3.05, 3.63) is 0 Å². The van der Waals surface area contributed by atoms with Crippen LogP contribution in [-0.2, 0) is 9.47 Å². The SMILES string of the molecule is COC1C(C#N)OC2C(Br)C(NC3C[C@H]4CC[C@@H](C3)C4)N(C)CC12. The number of piperidine rings is 1. The molecule has 0 amide bonds. The second-order valence-corrected chi connectivity index (χ2v) is 9.28. The maximum atomic E-state index is 9.36. The lowest BCUT2D eigenvalue weighted by Gasteiger charge is -2.46. The Morgan fingerprint density at radius 1 is 1.25 bits per heavy atom. The molecule has 2 saturated carbocycles. The van der Waals surface area contributed by atoms with Crippen LogP contribution in [0.15, 0.2) is 0 Å². The van der Waals surface area contributed by atoms with Gasteiger partial charge >= 0.3 is 0 Å². The number of ether oxygens (including phenoxy) is 2. The van der Waals surface area contributed by atoms with E-state index >= 15 is 0 Å². The number of halogens is 1. The Balaban J connectivity index is 1.45. The molecule has 1 N–H and O–H groups in total. The number of alkyl halides is 1. The minimum atomic E-state index is -0.456. The van der Waals surface area contributed by atoms with Gasteiger partial charge in [-0.15, -0.1) is 0 Å². The van der Waals surface area contributed by atoms with Crippen LogP contribution in [0.4, 0.5) is 0 Å². The maximum Gasteiger partial charge on any atom is 0.170 e. The van der Waals surface area contributed by atoms with Crippen molar-refractivity contribution in [3.63, 3.8) is 0 Å². The molecule has 6 heteroatoms. The van der Waals surface area contributed by atoms with Crippen molar-refractivity contribution < 1.29 is 9.47 Å². The Morgan fingerprint density at radius 3 is 2.58 bits per heavy atom. The number of nitriles is 1. The lowest BCUT2D eigenvalue weighted by molar-refractivity contribution is -0.00617. The van der Waals surface area contributed by atoms with Crippen LogP contribution in [0.3, 0.4) is 0 Å². The molecule has 2 bridgehead atoms. The van der Waals surface area contributed by atoms with E-state index in [0.717, 1.165) is 18.4 Å². The minimum absolute atomic E-state index is 0.0358. The van der Waals surface area contributed by atoms with Crippen LogP contribution in [0.1, 0.15) is 32.1 Å². The molecule has 4 fully saturated rings. The standard InChI is InChI=1S/C18H28BrN3O2/c1-22-9-13-16(23-2)14(8-20)24-17(13)15(19)18(22)21-12-6-10-3-4-11(5-10)7-12/h10-18,21H,3-7,9H2,1-2H3/t10-,11+,12?,13?,14?,15?,16?,17?,18?. The molecule has 2 aliphatic heterocycles. The molecule has 134 valence electrons. The molecule has 5 nitrogen and oxygen atoms in total. The van der Waals surface area contributed by atoms with Crippen molar-refractivity contribution in [1.82, 2.24) is 10.2 Å². The number of nitrogens with one attached hydrogen (secondary N) is 1. The van der Waals surface area contributed by atoms with E-state index in [2.05, 4.69) is 39.3 Å². The van der Waals surface area contributed by atoms with Crippen molar-refractivity contribution in [2.24, 2.45) is 17.8 Å². The number of nitrogens with zero attached hydrogens (tertiary/aromatic N) is 2. The number of hydrogen-bond donors (Lipinski definition) is 1. The molecule has 0 spiro atoms. The van der Waals surface area contributed by atoms with Crippen LogP contribution in [0.5, 0.6) is 0 Å². The summed E-state index contributed by atoms with van der Waals surface area (Å²) in [7, 11) is 3.86. The number of likely N-dealkylation sites (tertiary alicyclic amines) is 1. The number of fused-ring (bicyclic) bond motifs is 3. The predicted molar refractivity (Wildman–Crippen MR) is 94.7 cm³/mol. The third-order valence-electron chi connectivity index (χ3n) is 6.73. The highest BCUT2D eigenvalue weighted by Gasteiger charge is 2.53. The Kier molecular flexibility index (Phi) is 4.92. The molecule has 0 aromatic carbocycles. The van der Waals surface area contributed by atoms with E-state index < -0.39 is 6.10 Å². The van der Waals surface area contributed by atoms with E-state index in [0.29, 0.717) is 6.04 Å². The Labute approximate surface area is 153 Å². The molecule has 2 aliphatic carbocycles. The average molecular weight is 398 g/mol. The lowest BCUT2D eigenvalue weighted by Crippen LogP contribution is -2.63. The van der Waals surface area contributed by atoms with Gasteiger partial charge in [-0.3, -0.25) is 10.2 Å². The van der Waals surface area contributed by atoms with Crippen LogP contribution >= 0.6 is 15.9 Å². The van der Waals surface area contributed by atoms with Crippen molar-refractivity contribution in [1.29, 1.82) is 5.26 Å². The van der Waals surface area contributed by atoms with E-state index in [9.17, 15) is 5.26 Å². The largest absolute Gasteiger partial charge is 0.377 e. The number of rotatable bonds is 3. The van der Waals surface area contributed by atoms with Crippen molar-refractivity contribution in [2.75, 3.05) is 20.7 Å². The fraction of sp³-hybridized carbons (Fsp3) is 0.944. The van der Waals surface area contributed by atoms with Gasteiger partial charge in [-0.2, -0.15) is 5.26 Å². The molecule has 7 unspecified atom stereocenters. The normalized spacial score (nSPS) is 51.3. The smallest absolute Gasteiger partial charge is 0.170 e. The average Bonchev–Trinajstić information content (AvgIpc) is 3.10. The fourth-order valence-electron chi connectivity index (χ4n) is 5.65. The Bertz CT molecular complexity index is 501. The summed E-state index contributed by atoms with van der Waals surface area (Å²) >= 11 is 3.89. The summed E-state index contributed by atoms with van der Waals surface area (Å²) in [5, 5.41) is 13.3. The monoisotopic (exact) mass is 397 g/mol. The summed E-state index contributed by atoms with van der Waals surface area (Å²) < 4.78 is 11.6. The minimum Gasteiger partial charge on any atom is -0.377 e. The van der Waals surface area contributed by atoms with E-state index in [1.165, 1.54) is 32.1 Å². The zero-order valence-corrected chi connectivity index (χ0v) is 16.1. The van der Waals surface area contributed by atoms with E-state index in [-0.39, 0.29) is 29.1 Å². The second-order valence-electron chi connectivity index (χ2n) is 8.22. The summed E-state index contributed by atoms with van der Waals surface area (Å²) in [5.74, 6) is 2.11. The van der Waals surface area contributed by atoms with Crippen LogP contribution in [0.25, 0.3) is 0 Å². The van der Waals surface area contributed by atoms with Gasteiger partial charge in [0, 0.05) is 25.6 Å². The van der Waals surface area contributed by atoms with Gasteiger partial charge in [0.25, 0.3) is 0 Å². The number of methoxy groups -OCH3 is 1. The molecule has 9 atom stereocenters. The summed E-state index contributed by atoms with van der Waals surface area (Å²) in [5.41, 5.74) is 0. The van der Waals surface area contributed by atoms with Gasteiger partial charge in [0.1, 0.15) is 6.10 Å². The molecule has 2 saturated heterocycles. The van der Waals surface area contributed by atoms with Gasteiger partial charge in [0.15, 0.2) is 6.10 Å². The van der Waals surface area contributed by atoms with Gasteiger partial charge < -0.3 is 9.47 Å². The van der Waals surface area contributed by atoms with E-state index in [1.54, 1.807) is 7.11 Å². The first kappa shape index (κ1) is 17.2. The Morgan fingerprint density at radius 2 is 1.96 bits per heavy atom. The van der Waals surface area contributed by atoms with Crippen LogP contribution in [0, 0.1) is 29.1 Å². The zero-order valence-electron chi connectivity index (χ0n) is 14.5. The fourth-order valence-corrected chi connectivity index (χ4v) is 6.73. The third-order valence-corrected chi connectivity index (χ3v) is 7.75. The molecule has 0 radical (unpaired) electrons. The quantitative estimate of drug-likeness (QED) is 0.739. The van der Waals surface area contributed by atoms with Gasteiger partial charge in [-0.25, -0.2) is 0 Å². The van der Waals surface area contributed by atoms with Crippen molar-refractivity contribution >= 4 is 15.9 Å². The summed E-state index contributed by atoms with van der Waals surface area (Å²) in [6, 6.07) is 2.88.